The van der Waals surface area contributed by atoms with Gasteiger partial charge in [-0.2, -0.15) is 9.97 Å². The van der Waals surface area contributed by atoms with E-state index in [4.69, 9.17) is 25.8 Å². The summed E-state index contributed by atoms with van der Waals surface area (Å²) in [6.45, 7) is 1.51. The second kappa shape index (κ2) is 11.8. The van der Waals surface area contributed by atoms with Crippen molar-refractivity contribution in [2.24, 2.45) is 0 Å². The van der Waals surface area contributed by atoms with Gasteiger partial charge in [0.15, 0.2) is 27.2 Å². The normalized spacial score (nSPS) is 19.6. The number of halogens is 1. The molecule has 0 aliphatic heterocycles. The molecule has 1 N–H and O–H groups in total. The molecule has 1 fully saturated rings. The van der Waals surface area contributed by atoms with Crippen LogP contribution in [0.4, 0.5) is 0 Å². The summed E-state index contributed by atoms with van der Waals surface area (Å²) in [6, 6.07) is 0. The monoisotopic (exact) mass is 567 g/mol. The van der Waals surface area contributed by atoms with Crippen molar-refractivity contribution >= 4 is 21.4 Å². The van der Waals surface area contributed by atoms with E-state index in [9.17, 15) is 13.5 Å². The Kier molecular flexibility index (Phi) is 8.75. The highest BCUT2D eigenvalue weighted by atomic mass is 35.5. The predicted octanol–water partition coefficient (Wildman–Crippen LogP) is 2.23. The van der Waals surface area contributed by atoms with E-state index in [1.807, 2.05) is 0 Å². The molecule has 4 rings (SSSR count). The molecule has 0 radical (unpaired) electrons. The molecular weight excluding hydrogens is 538 g/mol. The summed E-state index contributed by atoms with van der Waals surface area (Å²) >= 11 is 5.89. The summed E-state index contributed by atoms with van der Waals surface area (Å²) in [7, 11) is 0.314. The summed E-state index contributed by atoms with van der Waals surface area (Å²) in [5.74, 6) is 0.0277. The third-order valence-corrected chi connectivity index (χ3v) is 8.89. The predicted molar refractivity (Wildman–Crippen MR) is 136 cm³/mol. The first-order valence-corrected chi connectivity index (χ1v) is 14.1. The van der Waals surface area contributed by atoms with Gasteiger partial charge in [-0.15, -0.1) is 10.2 Å². The fraction of sp³-hybridized carbons (Fsp3) is 0.565. The summed E-state index contributed by atoms with van der Waals surface area (Å²) in [6.07, 6.45) is 5.41. The summed E-state index contributed by atoms with van der Waals surface area (Å²) in [5.41, 5.74) is 0.248. The van der Waals surface area contributed by atoms with Crippen LogP contribution in [0.15, 0.2) is 18.7 Å². The fourth-order valence-corrected chi connectivity index (χ4v) is 6.15. The van der Waals surface area contributed by atoms with Crippen LogP contribution in [0.5, 0.6) is 11.8 Å². The van der Waals surface area contributed by atoms with E-state index in [2.05, 4.69) is 30.1 Å². The Labute approximate surface area is 225 Å². The number of aromatic nitrogens is 7. The number of aliphatic hydroxyl groups excluding tert-OH is 1. The smallest absolute Gasteiger partial charge is 0.245 e. The molecule has 0 unspecified atom stereocenters. The Balaban J connectivity index is 1.80. The molecular formula is C23H30ClN7O6S. The van der Waals surface area contributed by atoms with Crippen molar-refractivity contribution in [2.75, 3.05) is 21.3 Å². The number of ether oxygens (including phenoxy) is 3. The fourth-order valence-electron chi connectivity index (χ4n) is 4.63. The third-order valence-electron chi connectivity index (χ3n) is 6.65. The van der Waals surface area contributed by atoms with Crippen LogP contribution in [0, 0.1) is 0 Å². The third kappa shape index (κ3) is 5.58. The first kappa shape index (κ1) is 28.1. The maximum absolute atomic E-state index is 13.7. The lowest BCUT2D eigenvalue weighted by Gasteiger charge is -2.28. The summed E-state index contributed by atoms with van der Waals surface area (Å²) in [4.78, 5) is 16.6. The van der Waals surface area contributed by atoms with Crippen LogP contribution < -0.4 is 9.47 Å². The topological polar surface area (TPSA) is 164 Å². The number of rotatable bonds is 10. The molecule has 0 bridgehead atoms. The van der Waals surface area contributed by atoms with Gasteiger partial charge in [0.2, 0.25) is 11.8 Å². The van der Waals surface area contributed by atoms with Crippen molar-refractivity contribution in [1.29, 1.82) is 0 Å². The van der Waals surface area contributed by atoms with Crippen molar-refractivity contribution < 1.29 is 27.7 Å². The standard InChI is InChI=1S/C23H30ClN7O6S/c1-13(19(35-2)20-25-9-14(24)10-26-20)38(33,34)11-17-29-30-21(15-7-5-6-8-16(15)32)31(17)18-22(36-3)27-12-28-23(18)37-4/h9-10,12-13,15-16,19,32H,5-8,11H2,1-4H3/t13-,15+,16+,19-/m0/s1. The molecule has 0 amide bonds. The Bertz CT molecular complexity index is 1330. The Hall–Kier alpha value is -2.94. The lowest BCUT2D eigenvalue weighted by atomic mass is 9.86. The highest BCUT2D eigenvalue weighted by Crippen LogP contribution is 2.38. The molecule has 1 saturated carbocycles. The largest absolute Gasteiger partial charge is 0.479 e. The lowest BCUT2D eigenvalue weighted by Crippen LogP contribution is -2.30. The molecule has 206 valence electrons. The SMILES string of the molecule is COc1ncnc(OC)c1-n1c(CS(=O)(=O)[C@@H](C)[C@H](OC)c2ncc(Cl)cn2)nnc1[C@@H]1CCCC[C@H]1O. The zero-order valence-corrected chi connectivity index (χ0v) is 23.1. The van der Waals surface area contributed by atoms with Crippen molar-refractivity contribution in [1.82, 2.24) is 34.7 Å². The van der Waals surface area contributed by atoms with E-state index in [0.29, 0.717) is 23.7 Å². The van der Waals surface area contributed by atoms with Gasteiger partial charge < -0.3 is 19.3 Å². The number of hydrogen-bond acceptors (Lipinski definition) is 12. The van der Waals surface area contributed by atoms with Crippen molar-refractivity contribution in [3.05, 3.63) is 41.2 Å². The molecule has 3 aromatic rings. The second-order valence-corrected chi connectivity index (χ2v) is 11.7. The van der Waals surface area contributed by atoms with E-state index >= 15 is 0 Å². The van der Waals surface area contributed by atoms with E-state index in [1.165, 1.54) is 51.5 Å². The molecule has 0 saturated heterocycles. The quantitative estimate of drug-likeness (QED) is 0.380. The van der Waals surface area contributed by atoms with Crippen LogP contribution in [-0.4, -0.2) is 80.9 Å². The minimum absolute atomic E-state index is 0.0860. The maximum Gasteiger partial charge on any atom is 0.245 e. The maximum atomic E-state index is 13.7. The highest BCUT2D eigenvalue weighted by molar-refractivity contribution is 7.91. The van der Waals surface area contributed by atoms with Gasteiger partial charge in [-0.3, -0.25) is 4.57 Å². The van der Waals surface area contributed by atoms with E-state index in [-0.39, 0.29) is 35.0 Å². The average Bonchev–Trinajstić information content (AvgIpc) is 3.31. The minimum Gasteiger partial charge on any atom is -0.479 e. The van der Waals surface area contributed by atoms with Crippen LogP contribution in [0.2, 0.25) is 5.02 Å². The lowest BCUT2D eigenvalue weighted by molar-refractivity contribution is 0.0948. The Morgan fingerprint density at radius 3 is 2.26 bits per heavy atom. The zero-order chi connectivity index (χ0) is 27.4. The molecule has 1 aliphatic rings. The second-order valence-electron chi connectivity index (χ2n) is 8.94. The van der Waals surface area contributed by atoms with E-state index < -0.39 is 33.0 Å². The first-order valence-electron chi connectivity index (χ1n) is 12.0. The summed E-state index contributed by atoms with van der Waals surface area (Å²) < 4.78 is 45.3. The summed E-state index contributed by atoms with van der Waals surface area (Å²) in [5, 5.41) is 18.7. The van der Waals surface area contributed by atoms with Gasteiger partial charge in [-0.25, -0.2) is 18.4 Å². The van der Waals surface area contributed by atoms with Crippen LogP contribution in [0.25, 0.3) is 5.69 Å². The van der Waals surface area contributed by atoms with Crippen molar-refractivity contribution in [2.45, 2.75) is 61.7 Å². The van der Waals surface area contributed by atoms with Gasteiger partial charge in [0.1, 0.15) is 24.0 Å². The number of sulfone groups is 1. The van der Waals surface area contributed by atoms with Crippen LogP contribution in [-0.2, 0) is 20.3 Å². The number of methoxy groups -OCH3 is 3. The molecule has 15 heteroatoms. The van der Waals surface area contributed by atoms with Gasteiger partial charge in [-0.1, -0.05) is 24.4 Å². The average molecular weight is 568 g/mol. The molecule has 3 heterocycles. The van der Waals surface area contributed by atoms with Crippen molar-refractivity contribution in [3.8, 4) is 17.4 Å². The zero-order valence-electron chi connectivity index (χ0n) is 21.5. The number of aliphatic hydroxyl groups is 1. The molecule has 0 aromatic carbocycles. The minimum atomic E-state index is -3.93. The molecule has 1 aliphatic carbocycles. The van der Waals surface area contributed by atoms with Crippen LogP contribution >= 0.6 is 11.6 Å². The Morgan fingerprint density at radius 2 is 1.68 bits per heavy atom. The van der Waals surface area contributed by atoms with Gasteiger partial charge >= 0.3 is 0 Å². The highest BCUT2D eigenvalue weighted by Gasteiger charge is 2.37. The van der Waals surface area contributed by atoms with E-state index in [0.717, 1.165) is 12.8 Å². The molecule has 3 aromatic heterocycles. The molecule has 13 nitrogen and oxygen atoms in total. The van der Waals surface area contributed by atoms with Gasteiger partial charge in [0.05, 0.1) is 30.6 Å². The van der Waals surface area contributed by atoms with Gasteiger partial charge in [0.25, 0.3) is 0 Å². The number of nitrogens with zero attached hydrogens (tertiary/aromatic N) is 7. The Morgan fingerprint density at radius 1 is 1.05 bits per heavy atom. The van der Waals surface area contributed by atoms with Crippen LogP contribution in [0.1, 0.15) is 62.1 Å². The van der Waals surface area contributed by atoms with Crippen molar-refractivity contribution in [3.63, 3.8) is 0 Å². The van der Waals surface area contributed by atoms with Gasteiger partial charge in [0, 0.05) is 25.4 Å². The first-order chi connectivity index (χ1) is 18.2. The molecule has 0 spiro atoms. The number of hydrogen-bond donors (Lipinski definition) is 1. The molecule has 4 atom stereocenters. The van der Waals surface area contributed by atoms with Gasteiger partial charge in [-0.05, 0) is 19.8 Å². The molecule has 38 heavy (non-hydrogen) atoms. The van der Waals surface area contributed by atoms with Crippen LogP contribution in [0.3, 0.4) is 0 Å². The van der Waals surface area contributed by atoms with E-state index in [1.54, 1.807) is 0 Å².